The fourth-order valence-electron chi connectivity index (χ4n) is 3.76. The molecule has 0 N–H and O–H groups in total. The molecule has 12 heteroatoms. The molecule has 0 radical (unpaired) electrons. The van der Waals surface area contributed by atoms with Crippen LogP contribution in [0.5, 0.6) is 11.6 Å². The highest BCUT2D eigenvalue weighted by Gasteiger charge is 2.33. The van der Waals surface area contributed by atoms with Gasteiger partial charge in [-0.15, -0.1) is 5.10 Å². The number of pyridine rings is 1. The summed E-state index contributed by atoms with van der Waals surface area (Å²) >= 11 is 15.6. The third-order valence-corrected chi connectivity index (χ3v) is 7.33. The number of nitrogens with zero attached hydrogens (tertiary/aromatic N) is 4. The Hall–Kier alpha value is -3.36. The number of rotatable bonds is 9. The lowest BCUT2D eigenvalue weighted by molar-refractivity contribution is -0.135. The third kappa shape index (κ3) is 6.62. The molecule has 0 fully saturated rings. The molecule has 1 amide bonds. The van der Waals surface area contributed by atoms with Crippen molar-refractivity contribution in [1.82, 2.24) is 9.99 Å². The molecule has 0 unspecified atom stereocenters. The zero-order valence-electron chi connectivity index (χ0n) is 21.2. The van der Waals surface area contributed by atoms with E-state index < -0.39 is 6.23 Å². The van der Waals surface area contributed by atoms with Gasteiger partial charge in [0.1, 0.15) is 24.0 Å². The number of ether oxygens (including phenoxy) is 4. The Morgan fingerprint density at radius 3 is 2.54 bits per heavy atom. The summed E-state index contributed by atoms with van der Waals surface area (Å²) in [6.07, 6.45) is -0.792. The van der Waals surface area contributed by atoms with Crippen molar-refractivity contribution < 1.29 is 23.7 Å². The molecule has 1 aliphatic rings. The number of amides is 1. The average Bonchev–Trinajstić information content (AvgIpc) is 3.35. The fraction of sp³-hybridized carbons (Fsp3) is 0.259. The molecular weight excluding hydrogens is 611 g/mol. The summed E-state index contributed by atoms with van der Waals surface area (Å²) < 4.78 is 23.5. The molecule has 1 atom stereocenters. The van der Waals surface area contributed by atoms with Crippen LogP contribution in [0.1, 0.15) is 41.1 Å². The standard InChI is InChI=1S/C27H23BrCl2N4O5/c1-15-25(28)22(13-36-3)21(11-31)26(32-15)38-14-24-33-34(16(2)35)27(39-24)17-5-8-20(9-6-17)37-12-18-4-7-19(29)10-23(18)30/h4-10,27H,12-14H2,1-3H3/t27-/m0/s1. The molecule has 0 saturated carbocycles. The zero-order valence-corrected chi connectivity index (χ0v) is 24.3. The second kappa shape index (κ2) is 12.7. The number of aryl methyl sites for hydroxylation is 1. The van der Waals surface area contributed by atoms with Gasteiger partial charge >= 0.3 is 0 Å². The van der Waals surface area contributed by atoms with E-state index in [0.29, 0.717) is 37.1 Å². The molecule has 1 aromatic heterocycles. The third-order valence-electron chi connectivity index (χ3n) is 5.69. The second-order valence-electron chi connectivity index (χ2n) is 8.42. The largest absolute Gasteiger partial charge is 0.489 e. The van der Waals surface area contributed by atoms with Gasteiger partial charge in [0.25, 0.3) is 0 Å². The predicted octanol–water partition coefficient (Wildman–Crippen LogP) is 6.33. The molecule has 202 valence electrons. The molecule has 39 heavy (non-hydrogen) atoms. The van der Waals surface area contributed by atoms with E-state index >= 15 is 0 Å². The van der Waals surface area contributed by atoms with Gasteiger partial charge in [0.2, 0.25) is 23.9 Å². The van der Waals surface area contributed by atoms with Crippen molar-refractivity contribution in [3.8, 4) is 17.7 Å². The second-order valence-corrected chi connectivity index (χ2v) is 10.1. The minimum atomic E-state index is -0.792. The highest BCUT2D eigenvalue weighted by molar-refractivity contribution is 9.10. The lowest BCUT2D eigenvalue weighted by Crippen LogP contribution is -2.25. The summed E-state index contributed by atoms with van der Waals surface area (Å²) in [4.78, 5) is 16.7. The Kier molecular flexibility index (Phi) is 9.30. The van der Waals surface area contributed by atoms with Crippen molar-refractivity contribution in [3.63, 3.8) is 0 Å². The van der Waals surface area contributed by atoms with Crippen molar-refractivity contribution in [2.45, 2.75) is 33.3 Å². The van der Waals surface area contributed by atoms with E-state index in [0.717, 1.165) is 5.56 Å². The average molecular weight is 634 g/mol. The van der Waals surface area contributed by atoms with Gasteiger partial charge in [-0.3, -0.25) is 4.79 Å². The Labute approximate surface area is 244 Å². The van der Waals surface area contributed by atoms with Gasteiger partial charge in [-0.05, 0) is 59.3 Å². The normalized spacial score (nSPS) is 14.4. The monoisotopic (exact) mass is 632 g/mol. The molecule has 1 aliphatic heterocycles. The van der Waals surface area contributed by atoms with E-state index in [9.17, 15) is 10.1 Å². The Bertz CT molecular complexity index is 1460. The van der Waals surface area contributed by atoms with E-state index in [2.05, 4.69) is 32.1 Å². The van der Waals surface area contributed by atoms with Gasteiger partial charge < -0.3 is 18.9 Å². The van der Waals surface area contributed by atoms with Crippen LogP contribution < -0.4 is 9.47 Å². The first-order chi connectivity index (χ1) is 18.7. The van der Waals surface area contributed by atoms with Gasteiger partial charge in [0, 0.05) is 45.2 Å². The van der Waals surface area contributed by atoms with Crippen molar-refractivity contribution >= 4 is 50.9 Å². The van der Waals surface area contributed by atoms with Crippen LogP contribution in [0.3, 0.4) is 0 Å². The Balaban J connectivity index is 1.45. The molecule has 2 aromatic carbocycles. The van der Waals surface area contributed by atoms with Crippen molar-refractivity contribution in [3.05, 3.63) is 84.9 Å². The first-order valence-corrected chi connectivity index (χ1v) is 13.2. The summed E-state index contributed by atoms with van der Waals surface area (Å²) in [5.41, 5.74) is 2.98. The SMILES string of the molecule is COCc1c(Br)c(C)nc(OCC2=NN(C(C)=O)[C@H](c3ccc(OCc4ccc(Cl)cc4Cl)cc3)O2)c1C#N. The Morgan fingerprint density at radius 1 is 1.15 bits per heavy atom. The maximum absolute atomic E-state index is 12.3. The van der Waals surface area contributed by atoms with Crippen LogP contribution in [-0.2, 0) is 27.5 Å². The predicted molar refractivity (Wildman–Crippen MR) is 149 cm³/mol. The summed E-state index contributed by atoms with van der Waals surface area (Å²) in [6.45, 7) is 3.50. The van der Waals surface area contributed by atoms with E-state index in [4.69, 9.17) is 42.1 Å². The summed E-state index contributed by atoms with van der Waals surface area (Å²) in [6, 6.07) is 14.4. The van der Waals surface area contributed by atoms with Crippen LogP contribution in [0.25, 0.3) is 0 Å². The van der Waals surface area contributed by atoms with Crippen LogP contribution >= 0.6 is 39.1 Å². The molecule has 0 spiro atoms. The van der Waals surface area contributed by atoms with Gasteiger partial charge in [0.05, 0.1) is 12.3 Å². The fourth-order valence-corrected chi connectivity index (χ4v) is 4.62. The summed E-state index contributed by atoms with van der Waals surface area (Å²) in [7, 11) is 1.54. The van der Waals surface area contributed by atoms with E-state index in [1.165, 1.54) is 19.0 Å². The van der Waals surface area contributed by atoms with Crippen LogP contribution in [0.2, 0.25) is 10.0 Å². The van der Waals surface area contributed by atoms with Gasteiger partial charge in [-0.1, -0.05) is 29.3 Å². The first-order valence-electron chi connectivity index (χ1n) is 11.6. The van der Waals surface area contributed by atoms with Gasteiger partial charge in [-0.25, -0.2) is 4.98 Å². The summed E-state index contributed by atoms with van der Waals surface area (Å²) in [5, 5.41) is 16.3. The highest BCUT2D eigenvalue weighted by atomic mass is 79.9. The van der Waals surface area contributed by atoms with Gasteiger partial charge in [0.15, 0.2) is 6.61 Å². The quantitative estimate of drug-likeness (QED) is 0.271. The lowest BCUT2D eigenvalue weighted by atomic mass is 10.1. The van der Waals surface area contributed by atoms with Gasteiger partial charge in [-0.2, -0.15) is 10.3 Å². The smallest absolute Gasteiger partial charge is 0.247 e. The lowest BCUT2D eigenvalue weighted by Gasteiger charge is -2.19. The maximum atomic E-state index is 12.3. The minimum Gasteiger partial charge on any atom is -0.489 e. The maximum Gasteiger partial charge on any atom is 0.247 e. The number of benzene rings is 2. The van der Waals surface area contributed by atoms with Crippen molar-refractivity contribution in [2.24, 2.45) is 5.10 Å². The van der Waals surface area contributed by atoms with Crippen LogP contribution in [0.15, 0.2) is 52.0 Å². The molecule has 3 aromatic rings. The van der Waals surface area contributed by atoms with E-state index in [1.807, 2.05) is 0 Å². The first kappa shape index (κ1) is 28.6. The highest BCUT2D eigenvalue weighted by Crippen LogP contribution is 2.32. The number of halogens is 3. The number of aromatic nitrogens is 1. The molecule has 4 rings (SSSR count). The zero-order chi connectivity index (χ0) is 28.1. The number of methoxy groups -OCH3 is 1. The number of carbonyl (C=O) groups excluding carboxylic acids is 1. The minimum absolute atomic E-state index is 0.122. The molecule has 0 saturated heterocycles. The number of nitriles is 1. The number of hydrazone groups is 1. The topological polar surface area (TPSA) is 106 Å². The number of hydrogen-bond acceptors (Lipinski definition) is 8. The van der Waals surface area contributed by atoms with E-state index in [-0.39, 0.29) is 43.1 Å². The molecule has 2 heterocycles. The summed E-state index contributed by atoms with van der Waals surface area (Å²) in [5.74, 6) is 0.573. The molecule has 0 bridgehead atoms. The van der Waals surface area contributed by atoms with Crippen LogP contribution in [-0.4, -0.2) is 35.5 Å². The van der Waals surface area contributed by atoms with Crippen molar-refractivity contribution in [1.29, 1.82) is 5.26 Å². The van der Waals surface area contributed by atoms with Crippen molar-refractivity contribution in [2.75, 3.05) is 13.7 Å². The van der Waals surface area contributed by atoms with Crippen LogP contribution in [0, 0.1) is 18.3 Å². The van der Waals surface area contributed by atoms with E-state index in [1.54, 1.807) is 49.4 Å². The van der Waals surface area contributed by atoms with Crippen LogP contribution in [0.4, 0.5) is 0 Å². The molecule has 9 nitrogen and oxygen atoms in total. The Morgan fingerprint density at radius 2 is 1.90 bits per heavy atom. The number of carbonyl (C=O) groups is 1. The molecular formula is C27H23BrCl2N4O5. The molecule has 0 aliphatic carbocycles. The number of hydrogen-bond donors (Lipinski definition) is 0.